The minimum Gasteiger partial charge on any atom is -0.390 e. The van der Waals surface area contributed by atoms with Crippen molar-refractivity contribution in [3.05, 3.63) is 35.5 Å². The Labute approximate surface area is 125 Å². The van der Waals surface area contributed by atoms with Gasteiger partial charge in [0.1, 0.15) is 0 Å². The van der Waals surface area contributed by atoms with Gasteiger partial charge in [0, 0.05) is 36.2 Å². The number of para-hydroxylation sites is 1. The van der Waals surface area contributed by atoms with Crippen LogP contribution >= 0.6 is 0 Å². The Balaban J connectivity index is 1.76. The second-order valence-electron chi connectivity index (χ2n) is 5.90. The van der Waals surface area contributed by atoms with Crippen molar-refractivity contribution in [2.75, 3.05) is 32.8 Å². The summed E-state index contributed by atoms with van der Waals surface area (Å²) in [5.74, 6) is 0. The summed E-state index contributed by atoms with van der Waals surface area (Å²) in [6.07, 6.45) is -0.350. The van der Waals surface area contributed by atoms with Crippen molar-refractivity contribution in [2.24, 2.45) is 0 Å². The van der Waals surface area contributed by atoms with Gasteiger partial charge in [-0.05, 0) is 25.5 Å². The van der Waals surface area contributed by atoms with Gasteiger partial charge in [-0.15, -0.1) is 0 Å². The second-order valence-corrected chi connectivity index (χ2v) is 5.90. The van der Waals surface area contributed by atoms with Gasteiger partial charge in [0.2, 0.25) is 0 Å². The van der Waals surface area contributed by atoms with Crippen LogP contribution in [0.1, 0.15) is 11.3 Å². The summed E-state index contributed by atoms with van der Waals surface area (Å²) in [6, 6.07) is 8.43. The Hall–Kier alpha value is -1.36. The number of nitrogens with zero attached hydrogens (tertiary/aromatic N) is 2. The van der Waals surface area contributed by atoms with Crippen LogP contribution < -0.4 is 0 Å². The highest BCUT2D eigenvalue weighted by Crippen LogP contribution is 2.25. The molecule has 1 aromatic carbocycles. The zero-order valence-electron chi connectivity index (χ0n) is 12.9. The molecular formula is C17H24N2O2. The molecule has 1 saturated heterocycles. The number of benzene rings is 1. The lowest BCUT2D eigenvalue weighted by molar-refractivity contribution is 0.0116. The van der Waals surface area contributed by atoms with Crippen LogP contribution in [0.5, 0.6) is 0 Å². The lowest BCUT2D eigenvalue weighted by Gasteiger charge is -2.29. The summed E-state index contributed by atoms with van der Waals surface area (Å²) in [4.78, 5) is 2.28. The highest BCUT2D eigenvalue weighted by molar-refractivity contribution is 5.85. The average molecular weight is 288 g/mol. The zero-order chi connectivity index (χ0) is 14.8. The van der Waals surface area contributed by atoms with Crippen molar-refractivity contribution >= 4 is 10.9 Å². The Morgan fingerprint density at radius 2 is 1.86 bits per heavy atom. The number of ether oxygens (including phenoxy) is 1. The Kier molecular flexibility index (Phi) is 4.29. The Morgan fingerprint density at radius 1 is 1.14 bits per heavy atom. The number of rotatable bonds is 4. The molecule has 1 fully saturated rings. The fraction of sp³-hybridized carbons (Fsp3) is 0.529. The van der Waals surface area contributed by atoms with Gasteiger partial charge in [-0.2, -0.15) is 0 Å². The maximum Gasteiger partial charge on any atom is 0.0845 e. The number of fused-ring (bicyclic) bond motifs is 1. The minimum atomic E-state index is -0.350. The zero-order valence-corrected chi connectivity index (χ0v) is 12.9. The van der Waals surface area contributed by atoms with Crippen molar-refractivity contribution in [3.8, 4) is 0 Å². The first kappa shape index (κ1) is 14.6. The molecule has 0 amide bonds. The number of aryl methyl sites for hydroxylation is 1. The SMILES string of the molecule is Cc1c(C)n(C[C@@H](O)CN2CCOCC2)c2ccccc12. The molecule has 0 radical (unpaired) electrons. The second kappa shape index (κ2) is 6.18. The molecule has 0 spiro atoms. The molecular weight excluding hydrogens is 264 g/mol. The van der Waals surface area contributed by atoms with Crippen LogP contribution in [0.4, 0.5) is 0 Å². The summed E-state index contributed by atoms with van der Waals surface area (Å²) in [6.45, 7) is 9.04. The fourth-order valence-electron chi connectivity index (χ4n) is 3.19. The quantitative estimate of drug-likeness (QED) is 0.934. The molecule has 0 bridgehead atoms. The summed E-state index contributed by atoms with van der Waals surface area (Å²) in [5, 5.41) is 11.7. The maximum atomic E-state index is 10.4. The normalized spacial score (nSPS) is 18.2. The Morgan fingerprint density at radius 3 is 2.62 bits per heavy atom. The highest BCUT2D eigenvalue weighted by Gasteiger charge is 2.17. The number of β-amino-alcohol motifs (C(OH)–C–C–N with tert-alkyl or cyclic N) is 1. The van der Waals surface area contributed by atoms with E-state index in [2.05, 4.69) is 47.6 Å². The van der Waals surface area contributed by atoms with E-state index in [0.29, 0.717) is 13.1 Å². The van der Waals surface area contributed by atoms with Crippen molar-refractivity contribution in [2.45, 2.75) is 26.5 Å². The van der Waals surface area contributed by atoms with Crippen LogP contribution in [-0.2, 0) is 11.3 Å². The van der Waals surface area contributed by atoms with Crippen LogP contribution in [0.15, 0.2) is 24.3 Å². The lowest BCUT2D eigenvalue weighted by Crippen LogP contribution is -2.42. The molecule has 21 heavy (non-hydrogen) atoms. The van der Waals surface area contributed by atoms with Gasteiger partial charge in [-0.1, -0.05) is 18.2 Å². The van der Waals surface area contributed by atoms with E-state index in [9.17, 15) is 5.11 Å². The van der Waals surface area contributed by atoms with Gasteiger partial charge in [-0.25, -0.2) is 0 Å². The number of morpholine rings is 1. The molecule has 1 N–H and O–H groups in total. The van der Waals surface area contributed by atoms with Crippen LogP contribution in [0.25, 0.3) is 10.9 Å². The molecule has 4 nitrogen and oxygen atoms in total. The van der Waals surface area contributed by atoms with Crippen LogP contribution in [-0.4, -0.2) is 53.5 Å². The molecule has 2 aromatic rings. The van der Waals surface area contributed by atoms with Gasteiger partial charge in [0.05, 0.1) is 25.9 Å². The molecule has 1 atom stereocenters. The topological polar surface area (TPSA) is 37.6 Å². The van der Waals surface area contributed by atoms with Gasteiger partial charge < -0.3 is 14.4 Å². The number of aliphatic hydroxyl groups excluding tert-OH is 1. The molecule has 2 heterocycles. The largest absolute Gasteiger partial charge is 0.390 e. The van der Waals surface area contributed by atoms with E-state index in [1.165, 1.54) is 22.2 Å². The van der Waals surface area contributed by atoms with E-state index >= 15 is 0 Å². The van der Waals surface area contributed by atoms with Gasteiger partial charge >= 0.3 is 0 Å². The monoisotopic (exact) mass is 288 g/mol. The summed E-state index contributed by atoms with van der Waals surface area (Å²) < 4.78 is 7.60. The van der Waals surface area contributed by atoms with Crippen molar-refractivity contribution in [3.63, 3.8) is 0 Å². The third-order valence-corrected chi connectivity index (χ3v) is 4.51. The van der Waals surface area contributed by atoms with E-state index in [1.807, 2.05) is 0 Å². The molecule has 0 saturated carbocycles. The van der Waals surface area contributed by atoms with E-state index in [4.69, 9.17) is 4.74 Å². The average Bonchev–Trinajstić information content (AvgIpc) is 2.74. The van der Waals surface area contributed by atoms with Crippen LogP contribution in [0, 0.1) is 13.8 Å². The lowest BCUT2D eigenvalue weighted by atomic mass is 10.2. The maximum absolute atomic E-state index is 10.4. The number of aromatic nitrogens is 1. The number of hydrogen-bond donors (Lipinski definition) is 1. The van der Waals surface area contributed by atoms with Crippen LogP contribution in [0.3, 0.4) is 0 Å². The number of aliphatic hydroxyl groups is 1. The highest BCUT2D eigenvalue weighted by atomic mass is 16.5. The van der Waals surface area contributed by atoms with E-state index in [-0.39, 0.29) is 6.10 Å². The minimum absolute atomic E-state index is 0.350. The third-order valence-electron chi connectivity index (χ3n) is 4.51. The van der Waals surface area contributed by atoms with Gasteiger partial charge in [-0.3, -0.25) is 4.90 Å². The summed E-state index contributed by atoms with van der Waals surface area (Å²) in [5.41, 5.74) is 3.77. The van der Waals surface area contributed by atoms with E-state index in [1.54, 1.807) is 0 Å². The Bertz CT molecular complexity index is 615. The van der Waals surface area contributed by atoms with E-state index in [0.717, 1.165) is 26.3 Å². The predicted molar refractivity (Wildman–Crippen MR) is 84.7 cm³/mol. The first-order chi connectivity index (χ1) is 10.2. The fourth-order valence-corrected chi connectivity index (χ4v) is 3.19. The first-order valence-electron chi connectivity index (χ1n) is 7.69. The summed E-state index contributed by atoms with van der Waals surface area (Å²) >= 11 is 0. The molecule has 1 aromatic heterocycles. The number of hydrogen-bond acceptors (Lipinski definition) is 3. The van der Waals surface area contributed by atoms with Gasteiger partial charge in [0.15, 0.2) is 0 Å². The molecule has 1 aliphatic heterocycles. The van der Waals surface area contributed by atoms with Gasteiger partial charge in [0.25, 0.3) is 0 Å². The summed E-state index contributed by atoms with van der Waals surface area (Å²) in [7, 11) is 0. The molecule has 0 aliphatic carbocycles. The standard InChI is InChI=1S/C17H24N2O2/c1-13-14(2)19(17-6-4-3-5-16(13)17)12-15(20)11-18-7-9-21-10-8-18/h3-6,15,20H,7-12H2,1-2H3/t15-/m0/s1. The smallest absolute Gasteiger partial charge is 0.0845 e. The van der Waals surface area contributed by atoms with Crippen molar-refractivity contribution in [1.82, 2.24) is 9.47 Å². The van der Waals surface area contributed by atoms with Crippen LogP contribution in [0.2, 0.25) is 0 Å². The molecule has 114 valence electrons. The third kappa shape index (κ3) is 2.98. The molecule has 0 unspecified atom stereocenters. The first-order valence-corrected chi connectivity index (χ1v) is 7.69. The molecule has 4 heteroatoms. The molecule has 1 aliphatic rings. The van der Waals surface area contributed by atoms with Crippen molar-refractivity contribution < 1.29 is 9.84 Å². The molecule has 3 rings (SSSR count). The predicted octanol–water partition coefficient (Wildman–Crippen LogP) is 1.95. The van der Waals surface area contributed by atoms with Crippen molar-refractivity contribution in [1.29, 1.82) is 0 Å². The van der Waals surface area contributed by atoms with E-state index < -0.39 is 0 Å².